The van der Waals surface area contributed by atoms with E-state index >= 15 is 0 Å². The largest absolute Gasteiger partial charge is 0.480 e. The van der Waals surface area contributed by atoms with Gasteiger partial charge in [-0.25, -0.2) is 19.3 Å². The van der Waals surface area contributed by atoms with Gasteiger partial charge >= 0.3 is 17.9 Å². The normalized spacial score (nSPS) is 12.2. The van der Waals surface area contributed by atoms with Crippen molar-refractivity contribution in [3.8, 4) is 11.6 Å². The van der Waals surface area contributed by atoms with Crippen LogP contribution >= 0.6 is 0 Å². The fraction of sp³-hybridized carbons (Fsp3) is 0.355. The molecule has 1 saturated carbocycles. The van der Waals surface area contributed by atoms with Crippen molar-refractivity contribution in [3.63, 3.8) is 0 Å². The Morgan fingerprint density at radius 3 is 1.78 bits per heavy atom. The van der Waals surface area contributed by atoms with E-state index in [9.17, 15) is 34.0 Å². The van der Waals surface area contributed by atoms with E-state index in [1.54, 1.807) is 18.4 Å². The number of fused-ring (bicyclic) bond motifs is 3. The number of benzene rings is 3. The Bertz CT molecular complexity index is 4040. The molecule has 29 heteroatoms. The van der Waals surface area contributed by atoms with Gasteiger partial charge < -0.3 is 64.3 Å². The van der Waals surface area contributed by atoms with Gasteiger partial charge in [-0.05, 0) is 91.3 Å². The quantitative estimate of drug-likeness (QED) is 0.0136. The molecule has 0 spiro atoms. The molecular formula is C62H71FN18O10. The van der Waals surface area contributed by atoms with Crippen LogP contribution in [-0.2, 0) is 47.1 Å². The fourth-order valence-electron chi connectivity index (χ4n) is 10.0. The number of hydrogen-bond donors (Lipinski definition) is 7. The number of nitro groups is 1. The summed E-state index contributed by atoms with van der Waals surface area (Å²) in [4.78, 5) is 85.5. The summed E-state index contributed by atoms with van der Waals surface area (Å²) >= 11 is 0. The summed E-state index contributed by atoms with van der Waals surface area (Å²) in [7, 11) is 1.89. The molecule has 0 bridgehead atoms. The van der Waals surface area contributed by atoms with Gasteiger partial charge in [-0.3, -0.25) is 24.5 Å². The predicted molar refractivity (Wildman–Crippen MR) is 338 cm³/mol. The van der Waals surface area contributed by atoms with Gasteiger partial charge in [-0.2, -0.15) is 29.9 Å². The smallest absolute Gasteiger partial charge is 0.323 e. The number of carboxylic acids is 3. The molecule has 10 aromatic rings. The number of furan rings is 1. The zero-order valence-corrected chi connectivity index (χ0v) is 50.5. The maximum atomic E-state index is 13.3. The van der Waals surface area contributed by atoms with Crippen molar-refractivity contribution in [2.75, 3.05) is 46.3 Å². The van der Waals surface area contributed by atoms with E-state index in [4.69, 9.17) is 19.4 Å². The van der Waals surface area contributed by atoms with E-state index < -0.39 is 22.8 Å². The number of ether oxygens (including phenoxy) is 1. The highest BCUT2D eigenvalue weighted by atomic mass is 19.1. The molecule has 0 radical (unpaired) electrons. The van der Waals surface area contributed by atoms with E-state index in [0.29, 0.717) is 94.0 Å². The van der Waals surface area contributed by atoms with Crippen LogP contribution in [0.5, 0.6) is 11.6 Å². The minimum Gasteiger partial charge on any atom is -0.480 e. The van der Waals surface area contributed by atoms with Crippen LogP contribution in [0.2, 0.25) is 0 Å². The fourth-order valence-corrected chi connectivity index (χ4v) is 10.0. The van der Waals surface area contributed by atoms with Crippen LogP contribution in [0.4, 0.5) is 45.2 Å². The summed E-state index contributed by atoms with van der Waals surface area (Å²) in [5.41, 5.74) is 5.55. The van der Waals surface area contributed by atoms with Gasteiger partial charge in [-0.15, -0.1) is 0 Å². The zero-order valence-electron chi connectivity index (χ0n) is 50.5. The number of nitro benzene ring substituents is 1. The molecule has 7 heterocycles. The highest BCUT2D eigenvalue weighted by Crippen LogP contribution is 2.34. The number of halogens is 1. The van der Waals surface area contributed by atoms with Crippen molar-refractivity contribution in [2.45, 2.75) is 123 Å². The number of carbonyl (C=O) groups is 3. The standard InChI is InChI=1S/C26H27FN6O2.C18H20N6O5.C18H24N6O3/c27-20-10-12-21(13-11-20)30-24-23-25(33(16-29-23)15-22(34)35)32-26(31-24)28-14-17-6-8-19(9-7-17)18-4-2-1-3-5-18;1-2-3-4-9-19-18-21-16-15(20-11-23(16)10-14(25)26)17(22-18)29-13-7-5-12(6-8-13)24(27)28;1-3-4-5-8-19-18-21-16(23(2)10-13-7-6-9-27-13)15-17(22-18)24(12-20-15)11-14(25)26/h6-13,16,18H,1-5,14-15H2,(H,34,35)(H2,28,30,31,32);5-8,11H,2-4,9-10H2,1H3,(H,25,26)(H,19,21,22);6-7,9,12H,3-5,8,10-11H2,1-2H3,(H,25,26)(H,19,21,22). The van der Waals surface area contributed by atoms with E-state index in [0.717, 1.165) is 56.4 Å². The van der Waals surface area contributed by atoms with E-state index in [2.05, 4.69) is 104 Å². The molecule has 0 saturated heterocycles. The molecule has 0 atom stereocenters. The Morgan fingerprint density at radius 1 is 0.670 bits per heavy atom. The van der Waals surface area contributed by atoms with E-state index in [-0.39, 0.29) is 43.0 Å². The van der Waals surface area contributed by atoms with Crippen LogP contribution in [0.25, 0.3) is 33.5 Å². The lowest BCUT2D eigenvalue weighted by molar-refractivity contribution is -0.384. The highest BCUT2D eigenvalue weighted by Gasteiger charge is 2.22. The number of carboxylic acid groups (broad SMARTS) is 3. The van der Waals surface area contributed by atoms with Crippen LogP contribution in [-0.4, -0.2) is 117 Å². The van der Waals surface area contributed by atoms with Crippen LogP contribution < -0.4 is 30.9 Å². The van der Waals surface area contributed by atoms with Crippen molar-refractivity contribution < 1.29 is 48.2 Å². The number of unbranched alkanes of at least 4 members (excludes halogenated alkanes) is 4. The molecule has 7 N–H and O–H groups in total. The summed E-state index contributed by atoms with van der Waals surface area (Å²) in [5.74, 6) is 0.724. The number of non-ortho nitro benzene ring substituents is 1. The number of rotatable bonds is 28. The molecule has 11 rings (SSSR count). The number of nitrogens with zero attached hydrogens (tertiary/aromatic N) is 14. The Hall–Kier alpha value is -10.9. The first-order valence-electron chi connectivity index (χ1n) is 29.9. The average Bonchev–Trinajstić information content (AvgIpc) is 1.97. The monoisotopic (exact) mass is 1250 g/mol. The number of imidazole rings is 3. The molecule has 3 aromatic carbocycles. The van der Waals surface area contributed by atoms with Gasteiger partial charge in [0.15, 0.2) is 45.1 Å². The Balaban J connectivity index is 0.000000163. The number of aliphatic carboxylic acids is 3. The minimum absolute atomic E-state index is 0.0609. The molecule has 91 heavy (non-hydrogen) atoms. The summed E-state index contributed by atoms with van der Waals surface area (Å²) in [6, 6.07) is 23.8. The average molecular weight is 1250 g/mol. The first kappa shape index (κ1) is 64.6. The number of nitrogens with one attached hydrogen (secondary N) is 4. The molecule has 1 fully saturated rings. The van der Waals surface area contributed by atoms with E-state index in [1.165, 1.54) is 107 Å². The second-order valence-corrected chi connectivity index (χ2v) is 21.6. The molecule has 1 aliphatic rings. The van der Waals surface area contributed by atoms with Crippen LogP contribution in [0.15, 0.2) is 115 Å². The van der Waals surface area contributed by atoms with E-state index in [1.807, 2.05) is 24.1 Å². The first-order chi connectivity index (χ1) is 44.1. The van der Waals surface area contributed by atoms with Gasteiger partial charge in [0.25, 0.3) is 11.6 Å². The molecule has 476 valence electrons. The third-order valence-electron chi connectivity index (χ3n) is 14.6. The summed E-state index contributed by atoms with van der Waals surface area (Å²) in [6.07, 6.45) is 18.7. The Labute approximate surface area is 521 Å². The second-order valence-electron chi connectivity index (χ2n) is 21.6. The Kier molecular flexibility index (Phi) is 22.3. The zero-order chi connectivity index (χ0) is 64.2. The molecule has 1 aliphatic carbocycles. The maximum absolute atomic E-state index is 13.3. The van der Waals surface area contributed by atoms with Gasteiger partial charge in [0, 0.05) is 44.5 Å². The van der Waals surface area contributed by atoms with Gasteiger partial charge in [-0.1, -0.05) is 83.1 Å². The topological polar surface area (TPSA) is 360 Å². The SMILES string of the molecule is CCCCCNc1nc(N(C)Cc2ccco2)c2ncn(CC(=O)O)c2n1.CCCCCNc1nc(Oc2ccc([N+](=O)[O-])cc2)c2ncn(CC(=O)O)c2n1.O=C(O)Cn1cnc2c(Nc3ccc(F)cc3)nc(NCc3ccc(C4CCCCC4)cc3)nc21. The molecule has 0 aliphatic heterocycles. The lowest BCUT2D eigenvalue weighted by Gasteiger charge is -2.22. The van der Waals surface area contributed by atoms with Crippen molar-refractivity contribution in [3.05, 3.63) is 143 Å². The predicted octanol–water partition coefficient (Wildman–Crippen LogP) is 11.4. The number of aromatic nitrogens is 12. The highest BCUT2D eigenvalue weighted by molar-refractivity contribution is 5.88. The molecule has 7 aromatic heterocycles. The van der Waals surface area contributed by atoms with Crippen molar-refractivity contribution in [2.24, 2.45) is 0 Å². The number of anilines is 6. The van der Waals surface area contributed by atoms with Crippen LogP contribution in [0, 0.1) is 15.9 Å². The molecule has 0 unspecified atom stereocenters. The second kappa shape index (κ2) is 31.3. The van der Waals surface area contributed by atoms with Crippen LogP contribution in [0.1, 0.15) is 107 Å². The Morgan fingerprint density at radius 2 is 1.22 bits per heavy atom. The summed E-state index contributed by atoms with van der Waals surface area (Å²) in [6.45, 7) is 5.91. The van der Waals surface area contributed by atoms with Crippen LogP contribution in [0.3, 0.4) is 0 Å². The van der Waals surface area contributed by atoms with Gasteiger partial charge in [0.2, 0.25) is 17.8 Å². The number of hydrogen-bond acceptors (Lipinski definition) is 21. The third-order valence-corrected chi connectivity index (χ3v) is 14.6. The summed E-state index contributed by atoms with van der Waals surface area (Å²) < 4.78 is 28.9. The third kappa shape index (κ3) is 17.9. The van der Waals surface area contributed by atoms with Gasteiger partial charge in [0.1, 0.15) is 37.0 Å². The minimum atomic E-state index is -1.03. The molecule has 28 nitrogen and oxygen atoms in total. The summed E-state index contributed by atoms with van der Waals surface area (Å²) in [5, 5.41) is 51.0. The lowest BCUT2D eigenvalue weighted by Crippen LogP contribution is -2.19. The van der Waals surface area contributed by atoms with Gasteiger partial charge in [0.05, 0.1) is 36.7 Å². The lowest BCUT2D eigenvalue weighted by atomic mass is 9.84. The van der Waals surface area contributed by atoms with Crippen molar-refractivity contribution in [1.82, 2.24) is 58.6 Å². The molecule has 0 amide bonds. The molecular weight excluding hydrogens is 1180 g/mol. The first-order valence-corrected chi connectivity index (χ1v) is 29.9. The van der Waals surface area contributed by atoms with Crippen molar-refractivity contribution >= 4 is 92.3 Å². The maximum Gasteiger partial charge on any atom is 0.323 e. The van der Waals surface area contributed by atoms with Crippen molar-refractivity contribution in [1.29, 1.82) is 0 Å².